The van der Waals surface area contributed by atoms with Gasteiger partial charge < -0.3 is 0 Å². The molecule has 0 fully saturated rings. The van der Waals surface area contributed by atoms with Gasteiger partial charge >= 0.3 is 0 Å². The van der Waals surface area contributed by atoms with E-state index >= 15 is 0 Å². The Labute approximate surface area is 187 Å². The topological polar surface area (TPSA) is 15.3 Å². The van der Waals surface area contributed by atoms with Crippen LogP contribution in [0.2, 0.25) is 0 Å². The van der Waals surface area contributed by atoms with Crippen LogP contribution in [-0.4, -0.2) is 0 Å². The molecule has 4 rings (SSSR count). The number of rotatable bonds is 3. The zero-order valence-electron chi connectivity index (χ0n) is 19.6. The fourth-order valence-corrected chi connectivity index (χ4v) is 4.19. The predicted octanol–water partition coefficient (Wildman–Crippen LogP) is 7.39. The maximum atomic E-state index is 3.74. The molecule has 3 aromatic rings. The second kappa shape index (κ2) is 7.92. The van der Waals surface area contributed by atoms with Gasteiger partial charge in [-0.2, -0.15) is 0 Å². The van der Waals surface area contributed by atoms with E-state index in [1.165, 1.54) is 28.0 Å². The molecule has 0 aromatic heterocycles. The number of nitrogens with zero attached hydrogens (tertiary/aromatic N) is 1. The molecule has 0 bridgehead atoms. The van der Waals surface area contributed by atoms with Crippen LogP contribution in [0.1, 0.15) is 69.8 Å². The molecule has 0 saturated carbocycles. The summed E-state index contributed by atoms with van der Waals surface area (Å²) in [6, 6.07) is 28.4. The third-order valence-corrected chi connectivity index (χ3v) is 6.00. The van der Waals surface area contributed by atoms with E-state index in [9.17, 15) is 0 Å². The van der Waals surface area contributed by atoms with E-state index in [2.05, 4.69) is 137 Å². The smallest absolute Gasteiger partial charge is 0.0958 e. The average Bonchev–Trinajstić information content (AvgIpc) is 3.19. The van der Waals surface area contributed by atoms with Gasteiger partial charge in [0.05, 0.1) is 17.4 Å². The van der Waals surface area contributed by atoms with Gasteiger partial charge in [0.2, 0.25) is 0 Å². The lowest BCUT2D eigenvalue weighted by Gasteiger charge is -2.30. The first kappa shape index (κ1) is 21.2. The first-order valence-corrected chi connectivity index (χ1v) is 11.2. The van der Waals surface area contributed by atoms with E-state index in [4.69, 9.17) is 0 Å². The Bertz CT molecular complexity index is 1070. The molecule has 1 heterocycles. The third-order valence-electron chi connectivity index (χ3n) is 6.00. The van der Waals surface area contributed by atoms with Crippen molar-refractivity contribution < 1.29 is 0 Å². The molecule has 0 spiro atoms. The molecule has 31 heavy (non-hydrogen) atoms. The first-order chi connectivity index (χ1) is 14.6. The minimum absolute atomic E-state index is 0.0432. The summed E-state index contributed by atoms with van der Waals surface area (Å²) in [6.45, 7) is 13.8. The largest absolute Gasteiger partial charge is 0.297 e. The van der Waals surface area contributed by atoms with Crippen molar-refractivity contribution in [1.82, 2.24) is 5.43 Å². The molecule has 2 heteroatoms. The minimum Gasteiger partial charge on any atom is -0.297 e. The SMILES string of the molecule is CC(C)(C)c1ccc(C2=CC(c3ccccc3)N(c3ccccc3)N2)c(C(C)(C)C)c1. The Morgan fingerprint density at radius 1 is 0.710 bits per heavy atom. The molecule has 1 aliphatic heterocycles. The normalized spacial score (nSPS) is 16.8. The number of hydrogen-bond donors (Lipinski definition) is 1. The summed E-state index contributed by atoms with van der Waals surface area (Å²) in [5.74, 6) is 0. The third kappa shape index (κ3) is 4.39. The number of benzene rings is 3. The van der Waals surface area contributed by atoms with Gasteiger partial charge in [-0.3, -0.25) is 10.4 Å². The lowest BCUT2D eigenvalue weighted by Crippen LogP contribution is -2.34. The van der Waals surface area contributed by atoms with Crippen LogP contribution in [0.3, 0.4) is 0 Å². The lowest BCUT2D eigenvalue weighted by molar-refractivity contribution is 0.567. The monoisotopic (exact) mass is 410 g/mol. The van der Waals surface area contributed by atoms with E-state index in [0.717, 1.165) is 5.69 Å². The second-order valence-corrected chi connectivity index (χ2v) is 10.5. The van der Waals surface area contributed by atoms with Crippen LogP contribution in [0.4, 0.5) is 5.69 Å². The van der Waals surface area contributed by atoms with Gasteiger partial charge in [0, 0.05) is 5.56 Å². The van der Waals surface area contributed by atoms with Crippen LogP contribution in [0, 0.1) is 0 Å². The van der Waals surface area contributed by atoms with Crippen molar-refractivity contribution in [2.45, 2.75) is 58.4 Å². The van der Waals surface area contributed by atoms with Gasteiger partial charge in [-0.25, -0.2) is 0 Å². The van der Waals surface area contributed by atoms with E-state index in [-0.39, 0.29) is 16.9 Å². The fraction of sp³-hybridized carbons (Fsp3) is 0.310. The Balaban J connectivity index is 1.82. The van der Waals surface area contributed by atoms with Gasteiger partial charge in [-0.1, -0.05) is 108 Å². The molecule has 0 aliphatic carbocycles. The Kier molecular flexibility index (Phi) is 5.43. The summed E-state index contributed by atoms with van der Waals surface area (Å²) < 4.78 is 0. The molecule has 3 aromatic carbocycles. The van der Waals surface area contributed by atoms with E-state index in [0.29, 0.717) is 0 Å². The van der Waals surface area contributed by atoms with Crippen LogP contribution in [-0.2, 0) is 10.8 Å². The van der Waals surface area contributed by atoms with Gasteiger partial charge in [-0.15, -0.1) is 0 Å². The highest BCUT2D eigenvalue weighted by molar-refractivity contribution is 5.75. The Hall–Kier alpha value is -3.00. The van der Waals surface area contributed by atoms with Gasteiger partial charge in [-0.05, 0) is 45.7 Å². The molecule has 1 aliphatic rings. The van der Waals surface area contributed by atoms with E-state index < -0.39 is 0 Å². The standard InChI is InChI=1S/C29H34N2/c1-28(2,3)22-17-18-24(25(19-22)29(4,5)6)26-20-27(21-13-9-7-10-14-21)31(30-26)23-15-11-8-12-16-23/h7-20,27,30H,1-6H3. The maximum absolute atomic E-state index is 3.74. The van der Waals surface area contributed by atoms with Crippen LogP contribution in [0.15, 0.2) is 84.9 Å². The second-order valence-electron chi connectivity index (χ2n) is 10.5. The number of hydrogen-bond acceptors (Lipinski definition) is 2. The van der Waals surface area contributed by atoms with Crippen LogP contribution in [0.5, 0.6) is 0 Å². The van der Waals surface area contributed by atoms with Crippen molar-refractivity contribution in [2.75, 3.05) is 5.01 Å². The van der Waals surface area contributed by atoms with Crippen molar-refractivity contribution in [2.24, 2.45) is 0 Å². The van der Waals surface area contributed by atoms with Gasteiger partial charge in [0.1, 0.15) is 0 Å². The molecule has 1 atom stereocenters. The highest BCUT2D eigenvalue weighted by Crippen LogP contribution is 2.39. The maximum Gasteiger partial charge on any atom is 0.0958 e. The summed E-state index contributed by atoms with van der Waals surface area (Å²) in [6.07, 6.45) is 2.36. The summed E-state index contributed by atoms with van der Waals surface area (Å²) in [5, 5.41) is 2.27. The van der Waals surface area contributed by atoms with Crippen LogP contribution >= 0.6 is 0 Å². The van der Waals surface area contributed by atoms with Crippen molar-refractivity contribution >= 4 is 11.4 Å². The average molecular weight is 411 g/mol. The number of para-hydroxylation sites is 1. The van der Waals surface area contributed by atoms with Crippen LogP contribution < -0.4 is 10.4 Å². The highest BCUT2D eigenvalue weighted by atomic mass is 15.5. The number of hydrazine groups is 1. The molecule has 1 unspecified atom stereocenters. The first-order valence-electron chi connectivity index (χ1n) is 11.2. The van der Waals surface area contributed by atoms with Gasteiger partial charge in [0.15, 0.2) is 0 Å². The molecule has 1 N–H and O–H groups in total. The van der Waals surface area contributed by atoms with Crippen molar-refractivity contribution in [1.29, 1.82) is 0 Å². The molecular formula is C29H34N2. The molecule has 160 valence electrons. The number of nitrogens with one attached hydrogen (secondary N) is 1. The zero-order chi connectivity index (χ0) is 22.2. The summed E-state index contributed by atoms with van der Waals surface area (Å²) in [7, 11) is 0. The lowest BCUT2D eigenvalue weighted by atomic mass is 9.78. The summed E-state index contributed by atoms with van der Waals surface area (Å²) in [5.41, 5.74) is 11.5. The minimum atomic E-state index is 0.0432. The molecule has 0 saturated heterocycles. The van der Waals surface area contributed by atoms with E-state index in [1.54, 1.807) is 0 Å². The van der Waals surface area contributed by atoms with E-state index in [1.807, 2.05) is 0 Å². The summed E-state index contributed by atoms with van der Waals surface area (Å²) in [4.78, 5) is 0. The quantitative estimate of drug-likeness (QED) is 0.484. The van der Waals surface area contributed by atoms with Crippen molar-refractivity contribution in [3.8, 4) is 0 Å². The molecule has 2 nitrogen and oxygen atoms in total. The molecular weight excluding hydrogens is 376 g/mol. The van der Waals surface area contributed by atoms with Gasteiger partial charge in [0.25, 0.3) is 0 Å². The number of anilines is 1. The van der Waals surface area contributed by atoms with Crippen molar-refractivity contribution in [3.63, 3.8) is 0 Å². The fourth-order valence-electron chi connectivity index (χ4n) is 4.19. The Morgan fingerprint density at radius 3 is 1.90 bits per heavy atom. The highest BCUT2D eigenvalue weighted by Gasteiger charge is 2.30. The Morgan fingerprint density at radius 2 is 1.32 bits per heavy atom. The van der Waals surface area contributed by atoms with Crippen molar-refractivity contribution in [3.05, 3.63) is 107 Å². The molecule has 0 amide bonds. The predicted molar refractivity (Wildman–Crippen MR) is 133 cm³/mol. The molecule has 0 radical (unpaired) electrons. The van der Waals surface area contributed by atoms with Crippen LogP contribution in [0.25, 0.3) is 5.70 Å². The summed E-state index contributed by atoms with van der Waals surface area (Å²) >= 11 is 0. The zero-order valence-corrected chi connectivity index (χ0v) is 19.6.